The zero-order chi connectivity index (χ0) is 19.3. The van der Waals surface area contributed by atoms with E-state index in [0.717, 1.165) is 11.1 Å². The van der Waals surface area contributed by atoms with Crippen LogP contribution in [0.2, 0.25) is 5.02 Å². The number of carboxylic acids is 1. The Hall–Kier alpha value is -3.29. The molecular weight excluding hydrogens is 350 g/mol. The topological polar surface area (TPSA) is 81.3 Å². The highest BCUT2D eigenvalue weighted by Gasteiger charge is 2.13. The molecular formula is C21H16ClNO3. The first-order valence-corrected chi connectivity index (χ1v) is 8.05. The second-order valence-electron chi connectivity index (χ2n) is 5.44. The number of rotatable bonds is 5. The van der Waals surface area contributed by atoms with E-state index in [9.17, 15) is 20.3 Å². The van der Waals surface area contributed by atoms with Crippen LogP contribution >= 0.6 is 11.6 Å². The lowest BCUT2D eigenvalue weighted by molar-refractivity contribution is -0.132. The standard InChI is InChI=1S/C21H16ClNO3/c1-3-20(24)19(21(25)26)10-13(2)15-6-9-18(16(11-15)12-23)14-4-7-17(22)8-5-14/h3-11,24H,2H2,1H3,(H,25,26)/b19-10+,20-3+. The third-order valence-corrected chi connectivity index (χ3v) is 4.02. The van der Waals surface area contributed by atoms with Crippen molar-refractivity contribution in [1.82, 2.24) is 0 Å². The van der Waals surface area contributed by atoms with E-state index in [1.54, 1.807) is 30.3 Å². The van der Waals surface area contributed by atoms with Gasteiger partial charge in [0.25, 0.3) is 0 Å². The average molecular weight is 366 g/mol. The third-order valence-electron chi connectivity index (χ3n) is 3.76. The second-order valence-corrected chi connectivity index (χ2v) is 5.88. The maximum atomic E-state index is 11.3. The molecule has 0 spiro atoms. The van der Waals surface area contributed by atoms with Crippen molar-refractivity contribution in [1.29, 1.82) is 5.26 Å². The van der Waals surface area contributed by atoms with E-state index >= 15 is 0 Å². The minimum Gasteiger partial charge on any atom is -0.507 e. The first-order chi connectivity index (χ1) is 12.4. The van der Waals surface area contributed by atoms with Gasteiger partial charge in [0.05, 0.1) is 11.6 Å². The number of nitrogens with zero attached hydrogens (tertiary/aromatic N) is 1. The van der Waals surface area contributed by atoms with Crippen molar-refractivity contribution < 1.29 is 15.0 Å². The number of aliphatic hydroxyl groups is 1. The molecule has 0 aliphatic rings. The maximum absolute atomic E-state index is 11.3. The Bertz CT molecular complexity index is 964. The molecule has 0 atom stereocenters. The average Bonchev–Trinajstić information content (AvgIpc) is 2.65. The van der Waals surface area contributed by atoms with E-state index in [-0.39, 0.29) is 11.3 Å². The molecule has 0 saturated heterocycles. The number of aliphatic carboxylic acids is 1. The fourth-order valence-corrected chi connectivity index (χ4v) is 2.50. The largest absolute Gasteiger partial charge is 0.507 e. The molecule has 5 heteroatoms. The van der Waals surface area contributed by atoms with Gasteiger partial charge in [-0.05, 0) is 59.5 Å². The quantitative estimate of drug-likeness (QED) is 0.424. The van der Waals surface area contributed by atoms with Gasteiger partial charge in [0.1, 0.15) is 11.3 Å². The van der Waals surface area contributed by atoms with Crippen LogP contribution in [-0.2, 0) is 4.79 Å². The monoisotopic (exact) mass is 365 g/mol. The highest BCUT2D eigenvalue weighted by atomic mass is 35.5. The number of nitriles is 1. The molecule has 0 heterocycles. The van der Waals surface area contributed by atoms with Crippen molar-refractivity contribution in [3.05, 3.63) is 88.7 Å². The van der Waals surface area contributed by atoms with Crippen LogP contribution in [0.1, 0.15) is 18.1 Å². The van der Waals surface area contributed by atoms with E-state index in [4.69, 9.17) is 11.6 Å². The summed E-state index contributed by atoms with van der Waals surface area (Å²) in [5.74, 6) is -1.61. The molecule has 0 fully saturated rings. The number of benzene rings is 2. The van der Waals surface area contributed by atoms with E-state index < -0.39 is 5.97 Å². The van der Waals surface area contributed by atoms with Gasteiger partial charge < -0.3 is 10.2 Å². The fourth-order valence-electron chi connectivity index (χ4n) is 2.38. The molecule has 2 aromatic carbocycles. The van der Waals surface area contributed by atoms with Crippen molar-refractivity contribution in [3.8, 4) is 17.2 Å². The molecule has 2 aromatic rings. The second kappa shape index (κ2) is 8.19. The normalized spacial score (nSPS) is 11.7. The van der Waals surface area contributed by atoms with Gasteiger partial charge in [-0.2, -0.15) is 5.26 Å². The minimum atomic E-state index is -1.26. The van der Waals surface area contributed by atoms with Gasteiger partial charge in [0.2, 0.25) is 0 Å². The van der Waals surface area contributed by atoms with Crippen molar-refractivity contribution >= 4 is 23.1 Å². The summed E-state index contributed by atoms with van der Waals surface area (Å²) in [5.41, 5.74) is 2.69. The van der Waals surface area contributed by atoms with Gasteiger partial charge in [0.15, 0.2) is 0 Å². The third kappa shape index (κ3) is 4.21. The molecule has 0 aliphatic heterocycles. The molecule has 0 bridgehead atoms. The summed E-state index contributed by atoms with van der Waals surface area (Å²) in [4.78, 5) is 11.3. The number of carbonyl (C=O) groups is 1. The Morgan fingerprint density at radius 3 is 2.38 bits per heavy atom. The van der Waals surface area contributed by atoms with Gasteiger partial charge in [-0.15, -0.1) is 0 Å². The van der Waals surface area contributed by atoms with Gasteiger partial charge >= 0.3 is 5.97 Å². The molecule has 130 valence electrons. The first kappa shape index (κ1) is 19.0. The minimum absolute atomic E-state index is 0.266. The van der Waals surface area contributed by atoms with Crippen molar-refractivity contribution in [2.45, 2.75) is 6.92 Å². The SMILES string of the molecule is C=C(/C=C(C(=O)O)\C(O)=C/C)c1ccc(-c2ccc(Cl)cc2)c(C#N)c1. The van der Waals surface area contributed by atoms with Crippen LogP contribution in [-0.4, -0.2) is 16.2 Å². The number of hydrogen-bond donors (Lipinski definition) is 2. The maximum Gasteiger partial charge on any atom is 0.339 e. The predicted octanol–water partition coefficient (Wildman–Crippen LogP) is 5.36. The van der Waals surface area contributed by atoms with E-state index in [2.05, 4.69) is 12.6 Å². The van der Waals surface area contributed by atoms with Crippen LogP contribution in [0.15, 0.2) is 72.5 Å². The molecule has 4 nitrogen and oxygen atoms in total. The Kier molecular flexibility index (Phi) is 6.00. The molecule has 2 N–H and O–H groups in total. The predicted molar refractivity (Wildman–Crippen MR) is 103 cm³/mol. The molecule has 0 aliphatic carbocycles. The Morgan fingerprint density at radius 1 is 1.19 bits per heavy atom. The first-order valence-electron chi connectivity index (χ1n) is 7.67. The fraction of sp³-hybridized carbons (Fsp3) is 0.0476. The molecule has 0 saturated carbocycles. The van der Waals surface area contributed by atoms with Gasteiger partial charge in [-0.3, -0.25) is 0 Å². The molecule has 0 radical (unpaired) electrons. The molecule has 0 unspecified atom stereocenters. The summed E-state index contributed by atoms with van der Waals surface area (Å²) in [7, 11) is 0. The summed E-state index contributed by atoms with van der Waals surface area (Å²) in [6, 6.07) is 14.4. The summed E-state index contributed by atoms with van der Waals surface area (Å²) >= 11 is 5.90. The van der Waals surface area contributed by atoms with Crippen molar-refractivity contribution in [3.63, 3.8) is 0 Å². The van der Waals surface area contributed by atoms with E-state index in [1.165, 1.54) is 19.1 Å². The lowest BCUT2D eigenvalue weighted by Crippen LogP contribution is -2.03. The van der Waals surface area contributed by atoms with Crippen LogP contribution in [0.3, 0.4) is 0 Å². The van der Waals surface area contributed by atoms with E-state index in [1.807, 2.05) is 12.1 Å². The molecule has 26 heavy (non-hydrogen) atoms. The highest BCUT2D eigenvalue weighted by Crippen LogP contribution is 2.28. The van der Waals surface area contributed by atoms with Crippen LogP contribution in [0.25, 0.3) is 16.7 Å². The number of carboxylic acid groups (broad SMARTS) is 1. The zero-order valence-electron chi connectivity index (χ0n) is 14.0. The van der Waals surface area contributed by atoms with Crippen LogP contribution in [0.4, 0.5) is 0 Å². The summed E-state index contributed by atoms with van der Waals surface area (Å²) < 4.78 is 0. The van der Waals surface area contributed by atoms with Gasteiger partial charge in [-0.1, -0.05) is 42.4 Å². The van der Waals surface area contributed by atoms with Crippen LogP contribution in [0, 0.1) is 11.3 Å². The summed E-state index contributed by atoms with van der Waals surface area (Å²) in [6.45, 7) is 5.38. The van der Waals surface area contributed by atoms with E-state index in [0.29, 0.717) is 21.7 Å². The van der Waals surface area contributed by atoms with Crippen LogP contribution < -0.4 is 0 Å². The summed E-state index contributed by atoms with van der Waals surface area (Å²) in [5, 5.41) is 29.0. The van der Waals surface area contributed by atoms with Crippen molar-refractivity contribution in [2.75, 3.05) is 0 Å². The number of allylic oxidation sites excluding steroid dienone is 3. The summed E-state index contributed by atoms with van der Waals surface area (Å²) in [6.07, 6.45) is 2.56. The zero-order valence-corrected chi connectivity index (χ0v) is 14.8. The Balaban J connectivity index is 2.46. The van der Waals surface area contributed by atoms with Crippen LogP contribution in [0.5, 0.6) is 0 Å². The Labute approximate surface area is 156 Å². The van der Waals surface area contributed by atoms with Crippen molar-refractivity contribution in [2.24, 2.45) is 0 Å². The molecule has 0 aromatic heterocycles. The smallest absolute Gasteiger partial charge is 0.339 e. The van der Waals surface area contributed by atoms with Gasteiger partial charge in [0, 0.05) is 5.02 Å². The van der Waals surface area contributed by atoms with Gasteiger partial charge in [-0.25, -0.2) is 4.79 Å². The number of hydrogen-bond acceptors (Lipinski definition) is 3. The molecule has 0 amide bonds. The highest BCUT2D eigenvalue weighted by molar-refractivity contribution is 6.30. The molecule has 2 rings (SSSR count). The Morgan fingerprint density at radius 2 is 1.85 bits per heavy atom. The number of halogens is 1. The lowest BCUT2D eigenvalue weighted by atomic mass is 9.95. The lowest BCUT2D eigenvalue weighted by Gasteiger charge is -2.09. The number of aliphatic hydroxyl groups excluding tert-OH is 1.